The molecule has 0 fully saturated rings. The lowest BCUT2D eigenvalue weighted by atomic mass is 10.0. The summed E-state index contributed by atoms with van der Waals surface area (Å²) in [4.78, 5) is 0. The quantitative estimate of drug-likeness (QED) is 0.814. The Bertz CT molecular complexity index is 422. The van der Waals surface area contributed by atoms with Gasteiger partial charge in [-0.15, -0.1) is 0 Å². The third-order valence-corrected chi connectivity index (χ3v) is 3.58. The van der Waals surface area contributed by atoms with Crippen LogP contribution in [0.2, 0.25) is 0 Å². The molecule has 0 aliphatic heterocycles. The maximum atomic E-state index is 12.6. The van der Waals surface area contributed by atoms with Crippen molar-refractivity contribution in [2.45, 2.75) is 19.1 Å². The van der Waals surface area contributed by atoms with Crippen molar-refractivity contribution in [3.63, 3.8) is 0 Å². The monoisotopic (exact) mass is 232 g/mol. The van der Waals surface area contributed by atoms with E-state index in [1.807, 2.05) is 0 Å². The van der Waals surface area contributed by atoms with Crippen molar-refractivity contribution in [1.82, 2.24) is 0 Å². The van der Waals surface area contributed by atoms with E-state index in [9.17, 15) is 12.8 Å². The van der Waals surface area contributed by atoms with Crippen molar-refractivity contribution in [1.29, 1.82) is 0 Å². The van der Waals surface area contributed by atoms with Gasteiger partial charge < -0.3 is 0 Å². The predicted octanol–water partition coefficient (Wildman–Crippen LogP) is 2.41. The van der Waals surface area contributed by atoms with Gasteiger partial charge in [-0.05, 0) is 23.6 Å². The van der Waals surface area contributed by atoms with Gasteiger partial charge in [0.25, 0.3) is 10.1 Å². The molecule has 1 atom stereocenters. The standard InChI is InChI=1S/C10H13FO3S/c1-7(2)10(15(12,13)14)8-3-5-9(11)6-4-8/h3-7,10H,1-2H3,(H,12,13,14). The van der Waals surface area contributed by atoms with E-state index in [1.165, 1.54) is 24.3 Å². The molecule has 0 spiro atoms. The third-order valence-electron chi connectivity index (χ3n) is 2.12. The van der Waals surface area contributed by atoms with E-state index in [-0.39, 0.29) is 5.92 Å². The zero-order chi connectivity index (χ0) is 11.6. The van der Waals surface area contributed by atoms with Crippen LogP contribution in [0.4, 0.5) is 4.39 Å². The van der Waals surface area contributed by atoms with Crippen molar-refractivity contribution < 1.29 is 17.4 Å². The fraction of sp³-hybridized carbons (Fsp3) is 0.400. The summed E-state index contributed by atoms with van der Waals surface area (Å²) in [7, 11) is -4.15. The first-order valence-corrected chi connectivity index (χ1v) is 6.04. The number of hydrogen-bond donors (Lipinski definition) is 1. The molecule has 1 rings (SSSR count). The van der Waals surface area contributed by atoms with Gasteiger partial charge in [0.2, 0.25) is 0 Å². The van der Waals surface area contributed by atoms with Gasteiger partial charge in [-0.3, -0.25) is 4.55 Å². The summed E-state index contributed by atoms with van der Waals surface area (Å²) in [6.45, 7) is 3.36. The highest BCUT2D eigenvalue weighted by atomic mass is 32.2. The van der Waals surface area contributed by atoms with Gasteiger partial charge in [-0.2, -0.15) is 8.42 Å². The molecular weight excluding hydrogens is 219 g/mol. The lowest BCUT2D eigenvalue weighted by Crippen LogP contribution is -2.17. The minimum atomic E-state index is -4.15. The average Bonchev–Trinajstić information content (AvgIpc) is 2.05. The molecule has 0 saturated heterocycles. The Morgan fingerprint density at radius 2 is 1.67 bits per heavy atom. The van der Waals surface area contributed by atoms with Crippen LogP contribution < -0.4 is 0 Å². The van der Waals surface area contributed by atoms with Gasteiger partial charge in [0.15, 0.2) is 0 Å². The molecule has 0 heterocycles. The summed E-state index contributed by atoms with van der Waals surface area (Å²) in [5, 5.41) is -1.00. The van der Waals surface area contributed by atoms with Crippen LogP contribution in [0.3, 0.4) is 0 Å². The molecule has 15 heavy (non-hydrogen) atoms. The Hall–Kier alpha value is -0.940. The van der Waals surface area contributed by atoms with E-state index < -0.39 is 21.2 Å². The molecule has 0 radical (unpaired) electrons. The smallest absolute Gasteiger partial charge is 0.272 e. The van der Waals surface area contributed by atoms with Crippen molar-refractivity contribution in [3.8, 4) is 0 Å². The number of benzene rings is 1. The zero-order valence-electron chi connectivity index (χ0n) is 8.51. The molecule has 0 aliphatic rings. The minimum Gasteiger partial charge on any atom is -0.285 e. The maximum absolute atomic E-state index is 12.6. The number of halogens is 1. The van der Waals surface area contributed by atoms with Crippen LogP contribution in [0.5, 0.6) is 0 Å². The van der Waals surface area contributed by atoms with Crippen LogP contribution in [0, 0.1) is 11.7 Å². The van der Waals surface area contributed by atoms with Crippen LogP contribution in [0.15, 0.2) is 24.3 Å². The van der Waals surface area contributed by atoms with Crippen LogP contribution in [-0.2, 0) is 10.1 Å². The molecule has 0 saturated carbocycles. The molecule has 1 unspecified atom stereocenters. The molecule has 84 valence electrons. The fourth-order valence-corrected chi connectivity index (χ4v) is 2.74. The highest BCUT2D eigenvalue weighted by molar-refractivity contribution is 7.86. The van der Waals surface area contributed by atoms with E-state index in [0.29, 0.717) is 5.56 Å². The van der Waals surface area contributed by atoms with E-state index in [2.05, 4.69) is 0 Å². The first kappa shape index (κ1) is 12.1. The summed E-state index contributed by atoms with van der Waals surface area (Å²) < 4.78 is 43.9. The van der Waals surface area contributed by atoms with Gasteiger partial charge >= 0.3 is 0 Å². The second kappa shape index (κ2) is 4.28. The molecule has 0 bridgehead atoms. The molecule has 1 aromatic carbocycles. The molecule has 3 nitrogen and oxygen atoms in total. The Morgan fingerprint density at radius 1 is 1.20 bits per heavy atom. The van der Waals surface area contributed by atoms with Crippen molar-refractivity contribution in [2.24, 2.45) is 5.92 Å². The van der Waals surface area contributed by atoms with Crippen LogP contribution in [-0.4, -0.2) is 13.0 Å². The third kappa shape index (κ3) is 3.00. The molecule has 0 aliphatic carbocycles. The first-order valence-electron chi connectivity index (χ1n) is 4.54. The largest absolute Gasteiger partial charge is 0.285 e. The van der Waals surface area contributed by atoms with Crippen LogP contribution >= 0.6 is 0 Å². The highest BCUT2D eigenvalue weighted by Crippen LogP contribution is 2.29. The molecule has 5 heteroatoms. The molecule has 0 amide bonds. The minimum absolute atomic E-state index is 0.273. The normalized spacial score (nSPS) is 14.2. The average molecular weight is 232 g/mol. The molecular formula is C10H13FO3S. The van der Waals surface area contributed by atoms with Crippen LogP contribution in [0.1, 0.15) is 24.7 Å². The predicted molar refractivity (Wildman–Crippen MR) is 55.5 cm³/mol. The summed E-state index contributed by atoms with van der Waals surface area (Å²) in [5.74, 6) is -0.706. The Morgan fingerprint density at radius 3 is 2.00 bits per heavy atom. The fourth-order valence-electron chi connectivity index (χ4n) is 1.55. The zero-order valence-corrected chi connectivity index (χ0v) is 9.33. The Balaban J connectivity index is 3.17. The summed E-state index contributed by atoms with van der Waals surface area (Å²) in [5.41, 5.74) is 0.397. The van der Waals surface area contributed by atoms with Crippen molar-refractivity contribution in [2.75, 3.05) is 0 Å². The van der Waals surface area contributed by atoms with E-state index in [0.717, 1.165) is 0 Å². The lowest BCUT2D eigenvalue weighted by Gasteiger charge is -2.17. The number of hydrogen-bond acceptors (Lipinski definition) is 2. The molecule has 0 aromatic heterocycles. The highest BCUT2D eigenvalue weighted by Gasteiger charge is 2.28. The topological polar surface area (TPSA) is 54.4 Å². The molecule has 1 aromatic rings. The summed E-state index contributed by atoms with van der Waals surface area (Å²) in [6.07, 6.45) is 0. The summed E-state index contributed by atoms with van der Waals surface area (Å²) >= 11 is 0. The van der Waals surface area contributed by atoms with Crippen LogP contribution in [0.25, 0.3) is 0 Å². The molecule has 1 N–H and O–H groups in total. The Labute approximate surface area is 88.7 Å². The Kier molecular flexibility index (Phi) is 3.46. The van der Waals surface area contributed by atoms with E-state index >= 15 is 0 Å². The van der Waals surface area contributed by atoms with Gasteiger partial charge in [-0.1, -0.05) is 26.0 Å². The van der Waals surface area contributed by atoms with Gasteiger partial charge in [-0.25, -0.2) is 4.39 Å². The van der Waals surface area contributed by atoms with Gasteiger partial charge in [0.1, 0.15) is 11.1 Å². The van der Waals surface area contributed by atoms with Crippen molar-refractivity contribution >= 4 is 10.1 Å². The second-order valence-corrected chi connectivity index (χ2v) is 5.27. The second-order valence-electron chi connectivity index (χ2n) is 3.73. The van der Waals surface area contributed by atoms with E-state index in [4.69, 9.17) is 4.55 Å². The maximum Gasteiger partial charge on any atom is 0.272 e. The van der Waals surface area contributed by atoms with Crippen molar-refractivity contribution in [3.05, 3.63) is 35.6 Å². The number of rotatable bonds is 3. The SMILES string of the molecule is CC(C)C(c1ccc(F)cc1)S(=O)(=O)O. The van der Waals surface area contributed by atoms with Gasteiger partial charge in [0, 0.05) is 0 Å². The lowest BCUT2D eigenvalue weighted by molar-refractivity contribution is 0.445. The summed E-state index contributed by atoms with van der Waals surface area (Å²) in [6, 6.07) is 5.09. The van der Waals surface area contributed by atoms with E-state index in [1.54, 1.807) is 13.8 Å². The van der Waals surface area contributed by atoms with Gasteiger partial charge in [0.05, 0.1) is 0 Å². The first-order chi connectivity index (χ1) is 6.82.